The number of nitrogens with one attached hydrogen (secondary N) is 1. The van der Waals surface area contributed by atoms with Crippen LogP contribution in [0, 0.1) is 5.92 Å². The molecular weight excluding hydrogens is 176 g/mol. The van der Waals surface area contributed by atoms with E-state index in [0.29, 0.717) is 6.54 Å². The van der Waals surface area contributed by atoms with Crippen LogP contribution in [0.25, 0.3) is 0 Å². The van der Waals surface area contributed by atoms with Crippen molar-refractivity contribution in [3.63, 3.8) is 0 Å². The summed E-state index contributed by atoms with van der Waals surface area (Å²) >= 11 is 0. The SMILES string of the molecule is CON1CC(C)C(NC(=O)O)C1=O. The number of carbonyl (C=O) groups excluding carboxylic acids is 1. The maximum atomic E-state index is 11.4. The van der Waals surface area contributed by atoms with Crippen molar-refractivity contribution in [3.8, 4) is 0 Å². The van der Waals surface area contributed by atoms with E-state index in [1.807, 2.05) is 0 Å². The maximum absolute atomic E-state index is 11.4. The molecule has 2 amide bonds. The van der Waals surface area contributed by atoms with Crippen molar-refractivity contribution in [2.75, 3.05) is 13.7 Å². The molecule has 0 aliphatic carbocycles. The normalized spacial score (nSPS) is 27.8. The van der Waals surface area contributed by atoms with Crippen LogP contribution in [0.15, 0.2) is 0 Å². The highest BCUT2D eigenvalue weighted by molar-refractivity contribution is 5.86. The Labute approximate surface area is 75.4 Å². The van der Waals surface area contributed by atoms with Gasteiger partial charge in [0.05, 0.1) is 13.7 Å². The average Bonchev–Trinajstić information content (AvgIpc) is 2.31. The minimum Gasteiger partial charge on any atom is -0.465 e. The Balaban J connectivity index is 2.64. The topological polar surface area (TPSA) is 78.9 Å². The summed E-state index contributed by atoms with van der Waals surface area (Å²) in [6.07, 6.45) is -1.19. The molecule has 6 heteroatoms. The minimum absolute atomic E-state index is 0.0662. The summed E-state index contributed by atoms with van der Waals surface area (Å²) in [5, 5.41) is 11.8. The molecule has 74 valence electrons. The maximum Gasteiger partial charge on any atom is 0.405 e. The van der Waals surface area contributed by atoms with Crippen LogP contribution in [0.5, 0.6) is 0 Å². The molecule has 0 saturated carbocycles. The number of amides is 2. The lowest BCUT2D eigenvalue weighted by atomic mass is 10.1. The lowest BCUT2D eigenvalue weighted by molar-refractivity contribution is -0.168. The van der Waals surface area contributed by atoms with Crippen LogP contribution in [0.3, 0.4) is 0 Å². The van der Waals surface area contributed by atoms with Gasteiger partial charge in [0.15, 0.2) is 0 Å². The molecule has 2 N–H and O–H groups in total. The number of hydroxylamine groups is 2. The van der Waals surface area contributed by atoms with Gasteiger partial charge in [-0.2, -0.15) is 0 Å². The van der Waals surface area contributed by atoms with E-state index in [-0.39, 0.29) is 11.8 Å². The van der Waals surface area contributed by atoms with Gasteiger partial charge in [-0.3, -0.25) is 9.63 Å². The van der Waals surface area contributed by atoms with Crippen LogP contribution in [0.1, 0.15) is 6.92 Å². The van der Waals surface area contributed by atoms with Crippen molar-refractivity contribution in [1.29, 1.82) is 0 Å². The molecule has 6 nitrogen and oxygen atoms in total. The molecule has 0 aromatic rings. The number of hydrogen-bond acceptors (Lipinski definition) is 3. The van der Waals surface area contributed by atoms with E-state index in [9.17, 15) is 9.59 Å². The standard InChI is InChI=1S/C7H12N2O4/c1-4-3-9(13-2)6(10)5(4)8-7(11)12/h4-5,8H,3H2,1-2H3,(H,11,12). The Morgan fingerprint density at radius 2 is 2.38 bits per heavy atom. The van der Waals surface area contributed by atoms with Gasteiger partial charge in [-0.1, -0.05) is 6.92 Å². The van der Waals surface area contributed by atoms with Gasteiger partial charge in [0.25, 0.3) is 5.91 Å². The number of carbonyl (C=O) groups is 2. The lowest BCUT2D eigenvalue weighted by Crippen LogP contribution is -2.42. The molecule has 0 radical (unpaired) electrons. The Bertz CT molecular complexity index is 231. The first kappa shape index (κ1) is 9.79. The minimum atomic E-state index is -1.19. The third-order valence-corrected chi connectivity index (χ3v) is 2.03. The molecule has 1 fully saturated rings. The quantitative estimate of drug-likeness (QED) is 0.621. The van der Waals surface area contributed by atoms with Crippen LogP contribution in [-0.2, 0) is 9.63 Å². The third kappa shape index (κ3) is 1.89. The van der Waals surface area contributed by atoms with Crippen molar-refractivity contribution in [3.05, 3.63) is 0 Å². The molecule has 0 spiro atoms. The fourth-order valence-electron chi connectivity index (χ4n) is 1.36. The van der Waals surface area contributed by atoms with E-state index in [2.05, 4.69) is 5.32 Å². The molecule has 0 aromatic carbocycles. The highest BCUT2D eigenvalue weighted by atomic mass is 16.7. The van der Waals surface area contributed by atoms with Crippen molar-refractivity contribution in [2.45, 2.75) is 13.0 Å². The second-order valence-electron chi connectivity index (χ2n) is 2.99. The second-order valence-corrected chi connectivity index (χ2v) is 2.99. The highest BCUT2D eigenvalue weighted by Crippen LogP contribution is 2.17. The van der Waals surface area contributed by atoms with Crippen molar-refractivity contribution >= 4 is 12.0 Å². The highest BCUT2D eigenvalue weighted by Gasteiger charge is 2.39. The first-order chi connectivity index (χ1) is 6.06. The Morgan fingerprint density at radius 1 is 1.77 bits per heavy atom. The van der Waals surface area contributed by atoms with E-state index in [0.717, 1.165) is 5.06 Å². The van der Waals surface area contributed by atoms with E-state index in [1.165, 1.54) is 7.11 Å². The van der Waals surface area contributed by atoms with E-state index >= 15 is 0 Å². The van der Waals surface area contributed by atoms with Gasteiger partial charge in [-0.25, -0.2) is 9.86 Å². The smallest absolute Gasteiger partial charge is 0.405 e. The first-order valence-corrected chi connectivity index (χ1v) is 3.91. The Hall–Kier alpha value is -1.30. The van der Waals surface area contributed by atoms with Crippen LogP contribution in [0.2, 0.25) is 0 Å². The fourth-order valence-corrected chi connectivity index (χ4v) is 1.36. The van der Waals surface area contributed by atoms with Crippen LogP contribution in [-0.4, -0.2) is 41.9 Å². The molecule has 1 saturated heterocycles. The van der Waals surface area contributed by atoms with Gasteiger partial charge in [-0.05, 0) is 0 Å². The van der Waals surface area contributed by atoms with Crippen LogP contribution < -0.4 is 5.32 Å². The molecule has 1 aliphatic rings. The number of nitrogens with zero attached hydrogens (tertiary/aromatic N) is 1. The lowest BCUT2D eigenvalue weighted by Gasteiger charge is -2.12. The Morgan fingerprint density at radius 3 is 2.77 bits per heavy atom. The van der Waals surface area contributed by atoms with E-state index < -0.39 is 12.1 Å². The summed E-state index contributed by atoms with van der Waals surface area (Å²) in [5.41, 5.74) is 0. The van der Waals surface area contributed by atoms with Crippen molar-refractivity contribution in [2.24, 2.45) is 5.92 Å². The molecular formula is C7H12N2O4. The number of rotatable bonds is 2. The van der Waals surface area contributed by atoms with Crippen molar-refractivity contribution in [1.82, 2.24) is 10.4 Å². The van der Waals surface area contributed by atoms with Crippen LogP contribution >= 0.6 is 0 Å². The molecule has 2 unspecified atom stereocenters. The molecule has 1 aliphatic heterocycles. The third-order valence-electron chi connectivity index (χ3n) is 2.03. The van der Waals surface area contributed by atoms with Gasteiger partial charge >= 0.3 is 6.09 Å². The van der Waals surface area contributed by atoms with Gasteiger partial charge in [0.2, 0.25) is 0 Å². The molecule has 1 rings (SSSR count). The summed E-state index contributed by atoms with van der Waals surface area (Å²) < 4.78 is 0. The first-order valence-electron chi connectivity index (χ1n) is 3.91. The summed E-state index contributed by atoms with van der Waals surface area (Å²) in [5.74, 6) is -0.402. The van der Waals surface area contributed by atoms with Crippen LogP contribution in [0.4, 0.5) is 4.79 Å². The summed E-state index contributed by atoms with van der Waals surface area (Å²) in [6, 6.07) is -0.683. The van der Waals surface area contributed by atoms with Gasteiger partial charge in [0, 0.05) is 5.92 Å². The zero-order valence-corrected chi connectivity index (χ0v) is 7.48. The monoisotopic (exact) mass is 188 g/mol. The molecule has 13 heavy (non-hydrogen) atoms. The molecule has 2 atom stereocenters. The average molecular weight is 188 g/mol. The van der Waals surface area contributed by atoms with Gasteiger partial charge < -0.3 is 10.4 Å². The second kappa shape index (κ2) is 3.61. The summed E-state index contributed by atoms with van der Waals surface area (Å²) in [7, 11) is 1.38. The summed E-state index contributed by atoms with van der Waals surface area (Å²) in [6.45, 7) is 2.21. The predicted molar refractivity (Wildman–Crippen MR) is 42.8 cm³/mol. The zero-order valence-electron chi connectivity index (χ0n) is 7.48. The number of carboxylic acid groups (broad SMARTS) is 1. The Kier molecular flexibility index (Phi) is 2.72. The molecule has 1 heterocycles. The molecule has 0 bridgehead atoms. The largest absolute Gasteiger partial charge is 0.465 e. The van der Waals surface area contributed by atoms with E-state index in [4.69, 9.17) is 9.94 Å². The summed E-state index contributed by atoms with van der Waals surface area (Å²) in [4.78, 5) is 26.4. The van der Waals surface area contributed by atoms with Gasteiger partial charge in [0.1, 0.15) is 6.04 Å². The number of hydrogen-bond donors (Lipinski definition) is 2. The molecule has 0 aromatic heterocycles. The fraction of sp³-hybridized carbons (Fsp3) is 0.714. The van der Waals surface area contributed by atoms with E-state index in [1.54, 1.807) is 6.92 Å². The van der Waals surface area contributed by atoms with Crippen molar-refractivity contribution < 1.29 is 19.5 Å². The predicted octanol–water partition coefficient (Wildman–Crippen LogP) is -0.338. The zero-order chi connectivity index (χ0) is 10.0. The van der Waals surface area contributed by atoms with Gasteiger partial charge in [-0.15, -0.1) is 0 Å².